The fourth-order valence-electron chi connectivity index (χ4n) is 3.31. The number of nitrogens with two attached hydrogens (primary N) is 1. The van der Waals surface area contributed by atoms with E-state index in [1.807, 2.05) is 72.8 Å². The van der Waals surface area contributed by atoms with Crippen LogP contribution < -0.4 is 15.2 Å². The third kappa shape index (κ3) is 5.26. The van der Waals surface area contributed by atoms with Crippen molar-refractivity contribution in [3.8, 4) is 34.1 Å². The third-order valence-electron chi connectivity index (χ3n) is 5.07. The Morgan fingerprint density at radius 2 is 1.03 bits per heavy atom. The molecule has 31 heavy (non-hydrogen) atoms. The molecule has 0 spiro atoms. The van der Waals surface area contributed by atoms with Gasteiger partial charge in [-0.3, -0.25) is 0 Å². The van der Waals surface area contributed by atoms with E-state index in [0.29, 0.717) is 5.69 Å². The van der Waals surface area contributed by atoms with Crippen molar-refractivity contribution in [1.82, 2.24) is 0 Å². The van der Waals surface area contributed by atoms with Gasteiger partial charge in [0.05, 0.1) is 0 Å². The minimum absolute atomic E-state index is 0.0895. The molecule has 0 aliphatic rings. The summed E-state index contributed by atoms with van der Waals surface area (Å²) in [7, 11) is 0. The maximum absolute atomic E-state index is 6.07. The first kappa shape index (κ1) is 20.5. The zero-order valence-electron chi connectivity index (χ0n) is 18.1. The second-order valence-electron chi connectivity index (χ2n) is 8.60. The summed E-state index contributed by atoms with van der Waals surface area (Å²) in [5, 5.41) is 0. The maximum Gasteiger partial charge on any atom is 0.129 e. The first-order valence-corrected chi connectivity index (χ1v) is 10.4. The molecule has 0 saturated carbocycles. The molecule has 0 aliphatic carbocycles. The molecule has 156 valence electrons. The molecule has 4 rings (SSSR count). The van der Waals surface area contributed by atoms with E-state index >= 15 is 0 Å². The number of anilines is 1. The molecule has 0 bridgehead atoms. The average molecular weight is 410 g/mol. The third-order valence-corrected chi connectivity index (χ3v) is 5.07. The lowest BCUT2D eigenvalue weighted by molar-refractivity contribution is 0.478. The van der Waals surface area contributed by atoms with Crippen LogP contribution >= 0.6 is 0 Å². The van der Waals surface area contributed by atoms with Crippen LogP contribution in [0.1, 0.15) is 26.3 Å². The van der Waals surface area contributed by atoms with Gasteiger partial charge in [-0.15, -0.1) is 0 Å². The van der Waals surface area contributed by atoms with Gasteiger partial charge >= 0.3 is 0 Å². The molecule has 0 unspecified atom stereocenters. The van der Waals surface area contributed by atoms with Gasteiger partial charge in [0.2, 0.25) is 0 Å². The van der Waals surface area contributed by atoms with Crippen LogP contribution in [0, 0.1) is 0 Å². The van der Waals surface area contributed by atoms with Crippen molar-refractivity contribution < 1.29 is 9.47 Å². The summed E-state index contributed by atoms with van der Waals surface area (Å²) in [6, 6.07) is 31.8. The fourth-order valence-corrected chi connectivity index (χ4v) is 3.31. The lowest BCUT2D eigenvalue weighted by atomic mass is 9.87. The average Bonchev–Trinajstić information content (AvgIpc) is 2.75. The van der Waals surface area contributed by atoms with E-state index in [1.165, 1.54) is 5.56 Å². The Bertz CT molecular complexity index is 1160. The van der Waals surface area contributed by atoms with Crippen LogP contribution in [0.25, 0.3) is 11.1 Å². The van der Waals surface area contributed by atoms with Crippen LogP contribution in [0.3, 0.4) is 0 Å². The number of benzene rings is 4. The lowest BCUT2D eigenvalue weighted by Crippen LogP contribution is -2.10. The van der Waals surface area contributed by atoms with Crippen LogP contribution in [0.15, 0.2) is 97.1 Å². The van der Waals surface area contributed by atoms with Crippen LogP contribution in [0.5, 0.6) is 23.0 Å². The lowest BCUT2D eigenvalue weighted by Gasteiger charge is -2.19. The molecule has 0 atom stereocenters. The predicted molar refractivity (Wildman–Crippen MR) is 128 cm³/mol. The molecule has 4 aromatic rings. The largest absolute Gasteiger partial charge is 0.457 e. The molecule has 0 aliphatic heterocycles. The van der Waals surface area contributed by atoms with Crippen molar-refractivity contribution >= 4 is 5.69 Å². The summed E-state index contributed by atoms with van der Waals surface area (Å²) >= 11 is 0. The summed E-state index contributed by atoms with van der Waals surface area (Å²) in [4.78, 5) is 0. The Labute approximate surface area is 184 Å². The minimum atomic E-state index is 0.0895. The number of hydrogen-bond acceptors (Lipinski definition) is 3. The van der Waals surface area contributed by atoms with Gasteiger partial charge in [0.15, 0.2) is 0 Å². The highest BCUT2D eigenvalue weighted by molar-refractivity contribution is 5.65. The van der Waals surface area contributed by atoms with Crippen molar-refractivity contribution in [2.45, 2.75) is 26.2 Å². The van der Waals surface area contributed by atoms with E-state index in [1.54, 1.807) is 0 Å². The Hall–Kier alpha value is -3.72. The second kappa shape index (κ2) is 8.57. The van der Waals surface area contributed by atoms with E-state index < -0.39 is 0 Å². The van der Waals surface area contributed by atoms with Crippen molar-refractivity contribution in [3.05, 3.63) is 103 Å². The Morgan fingerprint density at radius 3 is 1.52 bits per heavy atom. The Morgan fingerprint density at radius 1 is 0.548 bits per heavy atom. The molecule has 2 N–H and O–H groups in total. The van der Waals surface area contributed by atoms with E-state index in [2.05, 4.69) is 45.0 Å². The van der Waals surface area contributed by atoms with Crippen molar-refractivity contribution in [2.24, 2.45) is 0 Å². The molecule has 0 fully saturated rings. The summed E-state index contributed by atoms with van der Waals surface area (Å²) in [5.41, 5.74) is 10.1. The Kier molecular flexibility index (Phi) is 5.68. The number of ether oxygens (including phenoxy) is 2. The van der Waals surface area contributed by atoms with E-state index in [4.69, 9.17) is 15.2 Å². The molecular formula is C28H27NO2. The first-order valence-electron chi connectivity index (χ1n) is 10.4. The normalized spacial score (nSPS) is 11.2. The molecule has 0 amide bonds. The first-order chi connectivity index (χ1) is 14.9. The molecule has 0 heterocycles. The molecular weight excluding hydrogens is 382 g/mol. The van der Waals surface area contributed by atoms with E-state index in [-0.39, 0.29) is 5.41 Å². The highest BCUT2D eigenvalue weighted by Crippen LogP contribution is 2.31. The smallest absolute Gasteiger partial charge is 0.129 e. The van der Waals surface area contributed by atoms with Gasteiger partial charge in [-0.2, -0.15) is 0 Å². The van der Waals surface area contributed by atoms with Gasteiger partial charge in [-0.25, -0.2) is 0 Å². The minimum Gasteiger partial charge on any atom is -0.457 e. The maximum atomic E-state index is 6.07. The van der Waals surface area contributed by atoms with Gasteiger partial charge in [0.1, 0.15) is 23.0 Å². The van der Waals surface area contributed by atoms with Crippen LogP contribution in [0.4, 0.5) is 5.69 Å². The molecule has 0 saturated heterocycles. The SMILES string of the molecule is CC(C)(C)c1cccc(Oc2ccc(-c3ccc(Oc4cccc(N)c4)cc3)cc2)c1. The van der Waals surface area contributed by atoms with Gasteiger partial charge in [0.25, 0.3) is 0 Å². The van der Waals surface area contributed by atoms with Gasteiger partial charge in [0, 0.05) is 11.8 Å². The van der Waals surface area contributed by atoms with E-state index in [0.717, 1.165) is 34.1 Å². The van der Waals surface area contributed by atoms with Crippen LogP contribution in [-0.2, 0) is 5.41 Å². The summed E-state index contributed by atoms with van der Waals surface area (Å²) in [6.07, 6.45) is 0. The summed E-state index contributed by atoms with van der Waals surface area (Å²) < 4.78 is 11.9. The summed E-state index contributed by atoms with van der Waals surface area (Å²) in [5.74, 6) is 3.16. The summed E-state index contributed by atoms with van der Waals surface area (Å²) in [6.45, 7) is 6.60. The van der Waals surface area contributed by atoms with Crippen molar-refractivity contribution in [2.75, 3.05) is 5.73 Å². The zero-order valence-corrected chi connectivity index (χ0v) is 18.1. The number of rotatable bonds is 5. The quantitative estimate of drug-likeness (QED) is 0.342. The molecule has 0 aromatic heterocycles. The monoisotopic (exact) mass is 409 g/mol. The fraction of sp³-hybridized carbons (Fsp3) is 0.143. The number of nitrogen functional groups attached to an aromatic ring is 1. The van der Waals surface area contributed by atoms with Gasteiger partial charge in [-0.05, 0) is 70.6 Å². The predicted octanol–water partition coefficient (Wildman–Crippen LogP) is 7.82. The van der Waals surface area contributed by atoms with Crippen LogP contribution in [0.2, 0.25) is 0 Å². The topological polar surface area (TPSA) is 44.5 Å². The van der Waals surface area contributed by atoms with E-state index in [9.17, 15) is 0 Å². The van der Waals surface area contributed by atoms with Crippen LogP contribution in [-0.4, -0.2) is 0 Å². The van der Waals surface area contributed by atoms with Crippen molar-refractivity contribution in [1.29, 1.82) is 0 Å². The molecule has 3 heteroatoms. The van der Waals surface area contributed by atoms with Gasteiger partial charge in [-0.1, -0.05) is 63.2 Å². The highest BCUT2D eigenvalue weighted by atomic mass is 16.5. The Balaban J connectivity index is 1.44. The molecule has 3 nitrogen and oxygen atoms in total. The highest BCUT2D eigenvalue weighted by Gasteiger charge is 2.14. The standard InChI is InChI=1S/C28H27NO2/c1-28(2,3)22-6-4-8-26(18-22)30-24-14-10-20(11-15-24)21-12-16-25(17-13-21)31-27-9-5-7-23(29)19-27/h4-19H,29H2,1-3H3. The van der Waals surface area contributed by atoms with Crippen molar-refractivity contribution in [3.63, 3.8) is 0 Å². The second-order valence-corrected chi connectivity index (χ2v) is 8.60. The van der Waals surface area contributed by atoms with Gasteiger partial charge < -0.3 is 15.2 Å². The molecule has 4 aromatic carbocycles. The zero-order chi connectivity index (χ0) is 21.8. The number of hydrogen-bond donors (Lipinski definition) is 1. The molecule has 0 radical (unpaired) electrons.